The lowest BCUT2D eigenvalue weighted by Gasteiger charge is -2.22. The van der Waals surface area contributed by atoms with E-state index in [-0.39, 0.29) is 5.96 Å². The van der Waals surface area contributed by atoms with Crippen LogP contribution >= 0.6 is 0 Å². The van der Waals surface area contributed by atoms with Crippen LogP contribution in [0.5, 0.6) is 0 Å². The maximum Gasteiger partial charge on any atom is 0.185 e. The molecular weight excluding hydrogens is 190 g/mol. The fourth-order valence-corrected chi connectivity index (χ4v) is 1.27. The van der Waals surface area contributed by atoms with Crippen LogP contribution in [0, 0.1) is 5.41 Å². The molecule has 0 aromatic heterocycles. The summed E-state index contributed by atoms with van der Waals surface area (Å²) in [6.45, 7) is 6.41. The topological polar surface area (TPSA) is 91.5 Å². The van der Waals surface area contributed by atoms with Gasteiger partial charge >= 0.3 is 0 Å². The molecule has 0 radical (unpaired) electrons. The molecule has 0 amide bonds. The van der Waals surface area contributed by atoms with Gasteiger partial charge in [-0.15, -0.1) is 0 Å². The Labute approximate surface area is 92.0 Å². The lowest BCUT2D eigenvalue weighted by Crippen LogP contribution is -2.31. The first-order valence-electron chi connectivity index (χ1n) is 5.43. The molecule has 5 heteroatoms. The molecule has 5 nitrogen and oxygen atoms in total. The van der Waals surface area contributed by atoms with Crippen LogP contribution in [0.15, 0.2) is 4.99 Å². The normalized spacial score (nSPS) is 9.73. The number of unbranched alkanes of at least 4 members (excludes halogenated alkanes) is 1. The van der Waals surface area contributed by atoms with Crippen LogP contribution in [-0.2, 0) is 0 Å². The second kappa shape index (κ2) is 8.08. The summed E-state index contributed by atoms with van der Waals surface area (Å²) in [7, 11) is 0. The summed E-state index contributed by atoms with van der Waals surface area (Å²) >= 11 is 0. The number of nitrogens with two attached hydrogens (primary N) is 2. The summed E-state index contributed by atoms with van der Waals surface area (Å²) in [5.74, 6) is 0.759. The minimum Gasteiger partial charge on any atom is -0.370 e. The molecule has 0 fully saturated rings. The van der Waals surface area contributed by atoms with Gasteiger partial charge in [0.2, 0.25) is 0 Å². The first-order chi connectivity index (χ1) is 7.07. The minimum atomic E-state index is 0.140. The van der Waals surface area contributed by atoms with Crippen molar-refractivity contribution in [2.45, 2.75) is 33.1 Å². The van der Waals surface area contributed by atoms with Crippen molar-refractivity contribution in [2.24, 2.45) is 16.5 Å². The Kier molecular flexibility index (Phi) is 7.40. The lowest BCUT2D eigenvalue weighted by atomic mass is 10.3. The average Bonchev–Trinajstić information content (AvgIpc) is 2.15. The molecule has 0 heterocycles. The van der Waals surface area contributed by atoms with E-state index in [9.17, 15) is 0 Å². The Balaban J connectivity index is 3.76. The van der Waals surface area contributed by atoms with Crippen molar-refractivity contribution >= 4 is 11.8 Å². The van der Waals surface area contributed by atoms with E-state index >= 15 is 0 Å². The Bertz CT molecular complexity index is 208. The highest BCUT2D eigenvalue weighted by Gasteiger charge is 2.03. The maximum absolute atomic E-state index is 7.59. The summed E-state index contributed by atoms with van der Waals surface area (Å²) in [6.07, 6.45) is 3.16. The maximum atomic E-state index is 7.59. The second-order valence-corrected chi connectivity index (χ2v) is 3.59. The van der Waals surface area contributed by atoms with E-state index in [1.54, 1.807) is 0 Å². The number of hydrogen-bond donors (Lipinski definition) is 3. The first kappa shape index (κ1) is 13.7. The van der Waals surface area contributed by atoms with Gasteiger partial charge < -0.3 is 16.4 Å². The number of hydrogen-bond acceptors (Lipinski definition) is 2. The van der Waals surface area contributed by atoms with E-state index in [1.807, 2.05) is 6.92 Å². The molecule has 15 heavy (non-hydrogen) atoms. The SMILES string of the molecule is CCCCN(CCCN=C(N)N)C(C)=N. The molecule has 0 bridgehead atoms. The highest BCUT2D eigenvalue weighted by Crippen LogP contribution is 1.98. The van der Waals surface area contributed by atoms with Gasteiger partial charge in [0, 0.05) is 19.6 Å². The van der Waals surface area contributed by atoms with Crippen molar-refractivity contribution in [3.05, 3.63) is 0 Å². The molecule has 0 aliphatic carbocycles. The van der Waals surface area contributed by atoms with Crippen LogP contribution in [0.1, 0.15) is 33.1 Å². The van der Waals surface area contributed by atoms with E-state index in [0.717, 1.165) is 32.4 Å². The largest absolute Gasteiger partial charge is 0.370 e. The fraction of sp³-hybridized carbons (Fsp3) is 0.800. The Morgan fingerprint density at radius 3 is 2.33 bits per heavy atom. The van der Waals surface area contributed by atoms with Gasteiger partial charge in [0.05, 0.1) is 5.84 Å². The zero-order chi connectivity index (χ0) is 11.7. The van der Waals surface area contributed by atoms with Gasteiger partial charge in [0.15, 0.2) is 5.96 Å². The smallest absolute Gasteiger partial charge is 0.185 e. The predicted octanol–water partition coefficient (Wildman–Crippen LogP) is 0.749. The number of nitrogens with zero attached hydrogens (tertiary/aromatic N) is 2. The number of aliphatic imine (C=N–C) groups is 1. The van der Waals surface area contributed by atoms with E-state index in [4.69, 9.17) is 16.9 Å². The molecule has 0 saturated carbocycles. The van der Waals surface area contributed by atoms with E-state index in [2.05, 4.69) is 16.8 Å². The lowest BCUT2D eigenvalue weighted by molar-refractivity contribution is 0.398. The quantitative estimate of drug-likeness (QED) is 0.331. The molecule has 0 aromatic rings. The van der Waals surface area contributed by atoms with Crippen LogP contribution < -0.4 is 11.5 Å². The average molecular weight is 213 g/mol. The van der Waals surface area contributed by atoms with Crippen molar-refractivity contribution in [1.82, 2.24) is 4.90 Å². The van der Waals surface area contributed by atoms with E-state index in [1.165, 1.54) is 0 Å². The summed E-state index contributed by atoms with van der Waals surface area (Å²) in [6, 6.07) is 0. The fourth-order valence-electron chi connectivity index (χ4n) is 1.27. The number of guanidine groups is 1. The predicted molar refractivity (Wildman–Crippen MR) is 65.2 cm³/mol. The molecule has 0 rings (SSSR count). The molecule has 0 atom stereocenters. The van der Waals surface area contributed by atoms with Crippen molar-refractivity contribution in [3.8, 4) is 0 Å². The summed E-state index contributed by atoms with van der Waals surface area (Å²) in [4.78, 5) is 5.97. The Hall–Kier alpha value is -1.26. The first-order valence-corrected chi connectivity index (χ1v) is 5.43. The molecule has 0 unspecified atom stereocenters. The third kappa shape index (κ3) is 7.78. The van der Waals surface area contributed by atoms with Gasteiger partial charge in [-0.25, -0.2) is 0 Å². The van der Waals surface area contributed by atoms with Gasteiger partial charge in [-0.3, -0.25) is 10.4 Å². The van der Waals surface area contributed by atoms with Gasteiger partial charge in [-0.05, 0) is 19.8 Å². The number of rotatable bonds is 7. The van der Waals surface area contributed by atoms with Crippen LogP contribution in [0.2, 0.25) is 0 Å². The summed E-state index contributed by atoms with van der Waals surface area (Å²) in [5.41, 5.74) is 10.4. The van der Waals surface area contributed by atoms with Crippen LogP contribution in [-0.4, -0.2) is 36.3 Å². The van der Waals surface area contributed by atoms with Gasteiger partial charge in [-0.2, -0.15) is 0 Å². The zero-order valence-electron chi connectivity index (χ0n) is 9.79. The molecule has 88 valence electrons. The monoisotopic (exact) mass is 213 g/mol. The van der Waals surface area contributed by atoms with Crippen LogP contribution in [0.4, 0.5) is 0 Å². The highest BCUT2D eigenvalue weighted by molar-refractivity contribution is 5.76. The van der Waals surface area contributed by atoms with Crippen molar-refractivity contribution in [3.63, 3.8) is 0 Å². The zero-order valence-corrected chi connectivity index (χ0v) is 9.79. The molecule has 5 N–H and O–H groups in total. The molecule has 0 aliphatic rings. The molecule has 0 spiro atoms. The van der Waals surface area contributed by atoms with Crippen LogP contribution in [0.25, 0.3) is 0 Å². The second-order valence-electron chi connectivity index (χ2n) is 3.59. The molecule has 0 aliphatic heterocycles. The minimum absolute atomic E-state index is 0.140. The van der Waals surface area contributed by atoms with Crippen molar-refractivity contribution < 1.29 is 0 Å². The van der Waals surface area contributed by atoms with Gasteiger partial charge in [0.1, 0.15) is 0 Å². The Morgan fingerprint density at radius 1 is 1.27 bits per heavy atom. The van der Waals surface area contributed by atoms with Gasteiger partial charge in [0.25, 0.3) is 0 Å². The van der Waals surface area contributed by atoms with E-state index in [0.29, 0.717) is 12.4 Å². The van der Waals surface area contributed by atoms with Crippen molar-refractivity contribution in [1.29, 1.82) is 5.41 Å². The van der Waals surface area contributed by atoms with E-state index < -0.39 is 0 Å². The highest BCUT2D eigenvalue weighted by atomic mass is 15.2. The molecule has 0 aromatic carbocycles. The van der Waals surface area contributed by atoms with Crippen LogP contribution in [0.3, 0.4) is 0 Å². The third-order valence-electron chi connectivity index (χ3n) is 2.14. The third-order valence-corrected chi connectivity index (χ3v) is 2.14. The molecular formula is C10H23N5. The summed E-state index contributed by atoms with van der Waals surface area (Å²) < 4.78 is 0. The molecule has 0 saturated heterocycles. The number of amidine groups is 1. The standard InChI is InChI=1S/C10H23N5/c1-3-4-7-15(9(2)11)8-5-6-14-10(12)13/h11H,3-8H2,1-2H3,(H4,12,13,14). The summed E-state index contributed by atoms with van der Waals surface area (Å²) in [5, 5.41) is 7.59. The van der Waals surface area contributed by atoms with Gasteiger partial charge in [-0.1, -0.05) is 13.3 Å². The number of nitrogens with one attached hydrogen (secondary N) is 1. The Morgan fingerprint density at radius 2 is 1.87 bits per heavy atom. The van der Waals surface area contributed by atoms with Crippen molar-refractivity contribution in [2.75, 3.05) is 19.6 Å².